The van der Waals surface area contributed by atoms with Crippen molar-refractivity contribution in [2.24, 2.45) is 5.92 Å². The predicted molar refractivity (Wildman–Crippen MR) is 144 cm³/mol. The van der Waals surface area contributed by atoms with Gasteiger partial charge in [-0.15, -0.1) is 0 Å². The molecular weight excluding hydrogens is 452 g/mol. The van der Waals surface area contributed by atoms with E-state index < -0.39 is 0 Å². The third kappa shape index (κ3) is 7.20. The molecule has 7 heteroatoms. The Morgan fingerprint density at radius 3 is 2.42 bits per heavy atom. The summed E-state index contributed by atoms with van der Waals surface area (Å²) >= 11 is 0. The zero-order valence-electron chi connectivity index (χ0n) is 21.0. The maximum Gasteiger partial charge on any atom is 0.246 e. The molecule has 0 radical (unpaired) electrons. The summed E-state index contributed by atoms with van der Waals surface area (Å²) in [5.74, 6) is -0.336. The number of amides is 3. The van der Waals surface area contributed by atoms with Crippen LogP contribution in [0.1, 0.15) is 44.6 Å². The molecule has 0 aromatic heterocycles. The van der Waals surface area contributed by atoms with E-state index in [9.17, 15) is 14.4 Å². The van der Waals surface area contributed by atoms with E-state index in [1.165, 1.54) is 12.8 Å². The van der Waals surface area contributed by atoms with Gasteiger partial charge in [-0.25, -0.2) is 0 Å². The number of hydrogen-bond acceptors (Lipinski definition) is 4. The molecule has 2 aliphatic rings. The Kier molecular flexibility index (Phi) is 8.76. The van der Waals surface area contributed by atoms with Gasteiger partial charge in [0, 0.05) is 62.0 Å². The molecule has 2 aromatic carbocycles. The molecule has 36 heavy (non-hydrogen) atoms. The standard InChI is InChI=1S/C29H36N4O3/c1-22(20-27(34)31-25-10-7-11-26(21-25)32-16-5-6-17-32)30-29(36)24-14-18-33(19-15-24)28(35)13-12-23-8-3-2-4-9-23/h2-4,7-13,21-22,24H,5-6,14-20H2,1H3,(H,30,36)(H,31,34)/b13-12+. The molecule has 2 aromatic rings. The van der Waals surface area contributed by atoms with Crippen LogP contribution in [0.3, 0.4) is 0 Å². The van der Waals surface area contributed by atoms with Gasteiger partial charge in [0.15, 0.2) is 0 Å². The van der Waals surface area contributed by atoms with Crippen LogP contribution in [-0.4, -0.2) is 54.8 Å². The van der Waals surface area contributed by atoms with E-state index in [0.717, 1.165) is 30.0 Å². The molecule has 1 atom stereocenters. The molecule has 7 nitrogen and oxygen atoms in total. The highest BCUT2D eigenvalue weighted by molar-refractivity contribution is 5.93. The van der Waals surface area contributed by atoms with Gasteiger partial charge in [-0.1, -0.05) is 36.4 Å². The SMILES string of the molecule is CC(CC(=O)Nc1cccc(N2CCCC2)c1)NC(=O)C1CCN(C(=O)/C=C/c2ccccc2)CC1. The summed E-state index contributed by atoms with van der Waals surface area (Å²) in [5, 5.41) is 5.95. The van der Waals surface area contributed by atoms with Crippen LogP contribution in [0.2, 0.25) is 0 Å². The molecule has 2 saturated heterocycles. The van der Waals surface area contributed by atoms with Crippen LogP contribution >= 0.6 is 0 Å². The van der Waals surface area contributed by atoms with Gasteiger partial charge in [-0.05, 0) is 62.4 Å². The predicted octanol–water partition coefficient (Wildman–Crippen LogP) is 4.07. The molecule has 0 spiro atoms. The average molecular weight is 489 g/mol. The van der Waals surface area contributed by atoms with Crippen LogP contribution in [0.4, 0.5) is 11.4 Å². The first-order valence-corrected chi connectivity index (χ1v) is 13.0. The van der Waals surface area contributed by atoms with Gasteiger partial charge >= 0.3 is 0 Å². The fourth-order valence-electron chi connectivity index (χ4n) is 4.86. The van der Waals surface area contributed by atoms with Gasteiger partial charge in [0.05, 0.1) is 0 Å². The first-order valence-electron chi connectivity index (χ1n) is 13.0. The zero-order valence-corrected chi connectivity index (χ0v) is 21.0. The number of anilines is 2. The Balaban J connectivity index is 1.18. The molecule has 0 bridgehead atoms. The van der Waals surface area contributed by atoms with Gasteiger partial charge in [-0.2, -0.15) is 0 Å². The van der Waals surface area contributed by atoms with E-state index in [1.54, 1.807) is 11.0 Å². The first kappa shape index (κ1) is 25.5. The number of likely N-dealkylation sites (tertiary alicyclic amines) is 1. The Morgan fingerprint density at radius 2 is 1.69 bits per heavy atom. The number of carbonyl (C=O) groups excluding carboxylic acids is 3. The van der Waals surface area contributed by atoms with Crippen molar-refractivity contribution in [2.45, 2.75) is 45.1 Å². The molecule has 2 fully saturated rings. The van der Waals surface area contributed by atoms with E-state index in [1.807, 2.05) is 61.5 Å². The normalized spacial score (nSPS) is 17.2. The number of carbonyl (C=O) groups is 3. The van der Waals surface area contributed by atoms with Crippen LogP contribution in [0.5, 0.6) is 0 Å². The molecule has 3 amide bonds. The highest BCUT2D eigenvalue weighted by Crippen LogP contribution is 2.23. The third-order valence-electron chi connectivity index (χ3n) is 6.88. The van der Waals surface area contributed by atoms with Crippen molar-refractivity contribution in [2.75, 3.05) is 36.4 Å². The summed E-state index contributed by atoms with van der Waals surface area (Å²) in [6.07, 6.45) is 7.27. The average Bonchev–Trinajstić information content (AvgIpc) is 3.43. The lowest BCUT2D eigenvalue weighted by Crippen LogP contribution is -2.45. The van der Waals surface area contributed by atoms with Gasteiger partial charge in [0.2, 0.25) is 17.7 Å². The van der Waals surface area contributed by atoms with Crippen molar-refractivity contribution in [3.63, 3.8) is 0 Å². The molecule has 0 saturated carbocycles. The minimum absolute atomic E-state index is 0.0310. The number of hydrogen-bond donors (Lipinski definition) is 2. The second-order valence-corrected chi connectivity index (χ2v) is 9.75. The second kappa shape index (κ2) is 12.4. The van der Waals surface area contributed by atoms with Crippen molar-refractivity contribution >= 4 is 35.2 Å². The summed E-state index contributed by atoms with van der Waals surface area (Å²) in [5.41, 5.74) is 2.89. The summed E-state index contributed by atoms with van der Waals surface area (Å²) in [7, 11) is 0. The second-order valence-electron chi connectivity index (χ2n) is 9.75. The van der Waals surface area contributed by atoms with Crippen molar-refractivity contribution in [1.29, 1.82) is 0 Å². The van der Waals surface area contributed by atoms with Crippen LogP contribution in [0.25, 0.3) is 6.08 Å². The van der Waals surface area contributed by atoms with Crippen molar-refractivity contribution in [3.05, 3.63) is 66.2 Å². The van der Waals surface area contributed by atoms with E-state index in [-0.39, 0.29) is 36.1 Å². The molecule has 190 valence electrons. The molecular formula is C29H36N4O3. The molecule has 2 aliphatic heterocycles. The number of piperidine rings is 1. The smallest absolute Gasteiger partial charge is 0.246 e. The van der Waals surface area contributed by atoms with Gasteiger partial charge in [0.25, 0.3) is 0 Å². The topological polar surface area (TPSA) is 81.8 Å². The highest BCUT2D eigenvalue weighted by Gasteiger charge is 2.27. The number of nitrogens with one attached hydrogen (secondary N) is 2. The first-order chi connectivity index (χ1) is 17.5. The number of nitrogens with zero attached hydrogens (tertiary/aromatic N) is 2. The molecule has 2 heterocycles. The third-order valence-corrected chi connectivity index (χ3v) is 6.88. The molecule has 2 N–H and O–H groups in total. The van der Waals surface area contributed by atoms with E-state index >= 15 is 0 Å². The van der Waals surface area contributed by atoms with Crippen molar-refractivity contribution in [1.82, 2.24) is 10.2 Å². The Bertz CT molecular complexity index is 1070. The van der Waals surface area contributed by atoms with Crippen LogP contribution < -0.4 is 15.5 Å². The van der Waals surface area contributed by atoms with Crippen LogP contribution in [0, 0.1) is 5.92 Å². The van der Waals surface area contributed by atoms with E-state index in [0.29, 0.717) is 25.9 Å². The lowest BCUT2D eigenvalue weighted by molar-refractivity contribution is -0.132. The van der Waals surface area contributed by atoms with Crippen molar-refractivity contribution in [3.8, 4) is 0 Å². The highest BCUT2D eigenvalue weighted by atomic mass is 16.2. The fraction of sp³-hybridized carbons (Fsp3) is 0.414. The largest absolute Gasteiger partial charge is 0.371 e. The summed E-state index contributed by atoms with van der Waals surface area (Å²) < 4.78 is 0. The number of benzene rings is 2. The zero-order chi connectivity index (χ0) is 25.3. The monoisotopic (exact) mass is 488 g/mol. The van der Waals surface area contributed by atoms with Gasteiger partial charge in [0.1, 0.15) is 0 Å². The Hall–Kier alpha value is -3.61. The van der Waals surface area contributed by atoms with Crippen molar-refractivity contribution < 1.29 is 14.4 Å². The van der Waals surface area contributed by atoms with Gasteiger partial charge < -0.3 is 20.4 Å². The van der Waals surface area contributed by atoms with Crippen LogP contribution in [-0.2, 0) is 14.4 Å². The Morgan fingerprint density at radius 1 is 0.972 bits per heavy atom. The minimum atomic E-state index is -0.271. The number of rotatable bonds is 8. The lowest BCUT2D eigenvalue weighted by Gasteiger charge is -2.31. The van der Waals surface area contributed by atoms with E-state index in [4.69, 9.17) is 0 Å². The maximum atomic E-state index is 12.8. The molecule has 0 aliphatic carbocycles. The summed E-state index contributed by atoms with van der Waals surface area (Å²) in [6, 6.07) is 17.4. The summed E-state index contributed by atoms with van der Waals surface area (Å²) in [4.78, 5) is 41.9. The Labute approximate surface area is 213 Å². The molecule has 1 unspecified atom stereocenters. The summed E-state index contributed by atoms with van der Waals surface area (Å²) in [6.45, 7) is 5.07. The maximum absolute atomic E-state index is 12.8. The van der Waals surface area contributed by atoms with E-state index in [2.05, 4.69) is 21.6 Å². The van der Waals surface area contributed by atoms with Gasteiger partial charge in [-0.3, -0.25) is 14.4 Å². The fourth-order valence-corrected chi connectivity index (χ4v) is 4.86. The van der Waals surface area contributed by atoms with Crippen LogP contribution in [0.15, 0.2) is 60.7 Å². The lowest BCUT2D eigenvalue weighted by atomic mass is 9.95. The minimum Gasteiger partial charge on any atom is -0.371 e. The quantitative estimate of drug-likeness (QED) is 0.549. The molecule has 4 rings (SSSR count).